The third kappa shape index (κ3) is 3.58. The van der Waals surface area contributed by atoms with Crippen LogP contribution in [0.3, 0.4) is 0 Å². The van der Waals surface area contributed by atoms with Gasteiger partial charge in [-0.3, -0.25) is 4.99 Å². The summed E-state index contributed by atoms with van der Waals surface area (Å²) in [7, 11) is 0. The fraction of sp³-hybridized carbons (Fsp3) is 0.188. The quantitative estimate of drug-likeness (QED) is 0.870. The number of alkyl halides is 3. The summed E-state index contributed by atoms with van der Waals surface area (Å²) in [6.07, 6.45) is -2.66. The van der Waals surface area contributed by atoms with Crippen molar-refractivity contribution < 1.29 is 17.9 Å². The van der Waals surface area contributed by atoms with Crippen molar-refractivity contribution in [3.63, 3.8) is 0 Å². The van der Waals surface area contributed by atoms with Crippen LogP contribution in [0.5, 0.6) is 5.75 Å². The van der Waals surface area contributed by atoms with Gasteiger partial charge in [-0.25, -0.2) is 0 Å². The Labute approximate surface area is 125 Å². The van der Waals surface area contributed by atoms with Gasteiger partial charge >= 0.3 is 6.36 Å². The second-order valence-corrected chi connectivity index (χ2v) is 4.93. The van der Waals surface area contributed by atoms with Crippen LogP contribution in [0.2, 0.25) is 0 Å². The molecule has 0 fully saturated rings. The molecule has 0 bridgehead atoms. The topological polar surface area (TPSA) is 24.8 Å². The van der Waals surface area contributed by atoms with Crippen molar-refractivity contribution in [3.8, 4) is 5.75 Å². The second kappa shape index (κ2) is 5.71. The number of fused-ring (bicyclic) bond motifs is 1. The van der Waals surface area contributed by atoms with Crippen LogP contribution in [0.25, 0.3) is 6.20 Å². The molecule has 1 aliphatic rings. The molecule has 3 rings (SSSR count). The Kier molecular flexibility index (Phi) is 3.75. The van der Waals surface area contributed by atoms with Gasteiger partial charge in [-0.1, -0.05) is 30.3 Å². The molecule has 0 saturated heterocycles. The molecule has 2 aromatic carbocycles. The highest BCUT2D eigenvalue weighted by Gasteiger charge is 2.30. The van der Waals surface area contributed by atoms with E-state index >= 15 is 0 Å². The summed E-state index contributed by atoms with van der Waals surface area (Å²) in [4.78, 5) is 6.46. The number of ether oxygens (including phenoxy) is 1. The van der Waals surface area contributed by atoms with Crippen LogP contribution in [-0.2, 0) is 6.54 Å². The van der Waals surface area contributed by atoms with E-state index < -0.39 is 6.36 Å². The zero-order valence-electron chi connectivity index (χ0n) is 11.5. The Morgan fingerprint density at radius 1 is 1.05 bits per heavy atom. The summed E-state index contributed by atoms with van der Waals surface area (Å²) >= 11 is 0. The van der Waals surface area contributed by atoms with Crippen LogP contribution in [0.15, 0.2) is 53.5 Å². The molecule has 0 aliphatic carbocycles. The van der Waals surface area contributed by atoms with Gasteiger partial charge in [0, 0.05) is 18.0 Å². The zero-order valence-corrected chi connectivity index (χ0v) is 11.5. The number of hydrogen-bond donors (Lipinski definition) is 0. The smallest absolute Gasteiger partial charge is 0.406 e. The molecule has 1 aliphatic heterocycles. The first-order valence-electron chi connectivity index (χ1n) is 6.70. The van der Waals surface area contributed by atoms with Crippen LogP contribution < -0.4 is 15.3 Å². The molecule has 0 amide bonds. The molecule has 0 radical (unpaired) electrons. The summed E-state index contributed by atoms with van der Waals surface area (Å²) in [5.74, 6) is -0.214. The first kappa shape index (κ1) is 14.4. The fourth-order valence-corrected chi connectivity index (χ4v) is 2.27. The minimum atomic E-state index is -4.66. The van der Waals surface area contributed by atoms with Gasteiger partial charge in [0.15, 0.2) is 0 Å². The summed E-state index contributed by atoms with van der Waals surface area (Å²) in [6, 6.07) is 13.7. The molecule has 2 aromatic rings. The predicted octanol–water partition coefficient (Wildman–Crippen LogP) is 2.42. The highest BCUT2D eigenvalue weighted by molar-refractivity contribution is 5.30. The number of nitrogens with zero attached hydrogens (tertiary/aromatic N) is 2. The standard InChI is InChI=1S/C16H13F3N2O/c17-16(18,19)22-14-7-5-12(6-8-14)9-21-10-13-3-1-2-4-15(13)20-11-21/h1-8,10H,9,11H2. The van der Waals surface area contributed by atoms with Crippen molar-refractivity contribution in [1.82, 2.24) is 4.90 Å². The van der Waals surface area contributed by atoms with Crippen LogP contribution in [0.1, 0.15) is 5.56 Å². The number of para-hydroxylation sites is 1. The molecule has 0 atom stereocenters. The zero-order chi connectivity index (χ0) is 15.6. The van der Waals surface area contributed by atoms with Crippen LogP contribution in [0, 0.1) is 0 Å². The molecule has 0 aromatic heterocycles. The fourth-order valence-electron chi connectivity index (χ4n) is 2.27. The van der Waals surface area contributed by atoms with E-state index in [1.807, 2.05) is 35.4 Å². The number of rotatable bonds is 3. The molecular formula is C16H13F3N2O. The van der Waals surface area contributed by atoms with E-state index in [-0.39, 0.29) is 5.75 Å². The van der Waals surface area contributed by atoms with Gasteiger partial charge in [0.1, 0.15) is 12.4 Å². The summed E-state index contributed by atoms with van der Waals surface area (Å²) in [6.45, 7) is 1.10. The number of hydrogen-bond acceptors (Lipinski definition) is 3. The average Bonchev–Trinajstić information content (AvgIpc) is 2.48. The molecule has 22 heavy (non-hydrogen) atoms. The summed E-state index contributed by atoms with van der Waals surface area (Å²) in [5.41, 5.74) is 0.889. The Morgan fingerprint density at radius 3 is 2.50 bits per heavy atom. The maximum atomic E-state index is 12.1. The molecule has 6 heteroatoms. The van der Waals surface area contributed by atoms with Crippen LogP contribution in [0.4, 0.5) is 13.2 Å². The van der Waals surface area contributed by atoms with Gasteiger partial charge in [-0.05, 0) is 23.8 Å². The molecule has 0 N–H and O–H groups in total. The lowest BCUT2D eigenvalue weighted by Gasteiger charge is -2.20. The van der Waals surface area contributed by atoms with Crippen molar-refractivity contribution in [2.24, 2.45) is 4.99 Å². The summed E-state index contributed by atoms with van der Waals surface area (Å²) < 4.78 is 40.2. The minimum absolute atomic E-state index is 0.214. The lowest BCUT2D eigenvalue weighted by Crippen LogP contribution is -2.35. The monoisotopic (exact) mass is 306 g/mol. The number of halogens is 3. The SMILES string of the molecule is FC(F)(F)Oc1ccc(CN2C=c3ccccc3=NC2)cc1. The molecule has 0 spiro atoms. The average molecular weight is 306 g/mol. The Bertz CT molecular complexity index is 769. The van der Waals surface area contributed by atoms with E-state index in [4.69, 9.17) is 0 Å². The molecule has 3 nitrogen and oxygen atoms in total. The summed E-state index contributed by atoms with van der Waals surface area (Å²) in [5, 5.41) is 1.98. The minimum Gasteiger partial charge on any atom is -0.406 e. The Hall–Kier alpha value is -2.50. The van der Waals surface area contributed by atoms with Crippen LogP contribution >= 0.6 is 0 Å². The van der Waals surface area contributed by atoms with E-state index in [0.29, 0.717) is 13.2 Å². The third-order valence-electron chi connectivity index (χ3n) is 3.22. The van der Waals surface area contributed by atoms with E-state index in [9.17, 15) is 13.2 Å². The molecule has 114 valence electrons. The van der Waals surface area contributed by atoms with Crippen molar-refractivity contribution in [2.75, 3.05) is 6.67 Å². The van der Waals surface area contributed by atoms with Crippen molar-refractivity contribution >= 4 is 6.20 Å². The van der Waals surface area contributed by atoms with Crippen molar-refractivity contribution in [1.29, 1.82) is 0 Å². The first-order valence-corrected chi connectivity index (χ1v) is 6.70. The maximum Gasteiger partial charge on any atom is 0.573 e. The maximum absolute atomic E-state index is 12.1. The highest BCUT2D eigenvalue weighted by Crippen LogP contribution is 2.23. The largest absolute Gasteiger partial charge is 0.573 e. The van der Waals surface area contributed by atoms with E-state index in [1.54, 1.807) is 12.1 Å². The van der Waals surface area contributed by atoms with Gasteiger partial charge in [0.05, 0.1) is 5.36 Å². The van der Waals surface area contributed by atoms with Gasteiger partial charge in [0.2, 0.25) is 0 Å². The Balaban J connectivity index is 1.71. The molecule has 0 unspecified atom stereocenters. The van der Waals surface area contributed by atoms with Crippen molar-refractivity contribution in [2.45, 2.75) is 12.9 Å². The van der Waals surface area contributed by atoms with Gasteiger partial charge in [-0.15, -0.1) is 13.2 Å². The van der Waals surface area contributed by atoms with Gasteiger partial charge in [0.25, 0.3) is 0 Å². The highest BCUT2D eigenvalue weighted by atomic mass is 19.4. The van der Waals surface area contributed by atoms with E-state index in [1.165, 1.54) is 12.1 Å². The Morgan fingerprint density at radius 2 is 1.77 bits per heavy atom. The van der Waals surface area contributed by atoms with Crippen LogP contribution in [-0.4, -0.2) is 17.9 Å². The molecule has 0 saturated carbocycles. The van der Waals surface area contributed by atoms with Crippen molar-refractivity contribution in [3.05, 3.63) is 64.7 Å². The normalized spacial score (nSPS) is 13.9. The van der Waals surface area contributed by atoms with Gasteiger partial charge in [-0.2, -0.15) is 0 Å². The predicted molar refractivity (Wildman–Crippen MR) is 75.2 cm³/mol. The lowest BCUT2D eigenvalue weighted by molar-refractivity contribution is -0.274. The first-order chi connectivity index (χ1) is 10.5. The molecule has 1 heterocycles. The lowest BCUT2D eigenvalue weighted by atomic mass is 10.2. The molecular weight excluding hydrogens is 293 g/mol. The van der Waals surface area contributed by atoms with E-state index in [2.05, 4.69) is 9.73 Å². The van der Waals surface area contributed by atoms with E-state index in [0.717, 1.165) is 16.1 Å². The number of benzene rings is 2. The van der Waals surface area contributed by atoms with Gasteiger partial charge < -0.3 is 9.64 Å². The third-order valence-corrected chi connectivity index (χ3v) is 3.22. The second-order valence-electron chi connectivity index (χ2n) is 4.93.